The maximum atomic E-state index is 12.8. The minimum atomic E-state index is -0.815. The first kappa shape index (κ1) is 18.7. The van der Waals surface area contributed by atoms with E-state index in [9.17, 15) is 14.4 Å². The molecule has 0 spiro atoms. The van der Waals surface area contributed by atoms with Gasteiger partial charge in [0.25, 0.3) is 11.8 Å². The molecule has 138 valence electrons. The quantitative estimate of drug-likeness (QED) is 0.628. The summed E-state index contributed by atoms with van der Waals surface area (Å²) in [4.78, 5) is 38.1. The first-order valence-corrected chi connectivity index (χ1v) is 8.77. The third kappa shape index (κ3) is 4.17. The third-order valence-corrected chi connectivity index (χ3v) is 4.05. The number of urea groups is 1. The second-order valence-corrected chi connectivity index (χ2v) is 6.30. The zero-order valence-electron chi connectivity index (χ0n) is 14.6. The number of carbonyl (C=O) groups excluding carboxylic acids is 3. The molecule has 0 bridgehead atoms. The number of anilines is 1. The van der Waals surface area contributed by atoms with E-state index in [1.165, 1.54) is 12.1 Å². The number of hydrogen-bond acceptors (Lipinski definition) is 4. The Balaban J connectivity index is 1.95. The average Bonchev–Trinajstić information content (AvgIpc) is 2.64. The standard InChI is InChI=1S/C20H17ClN2O4/c1-2-9-27-16-8-3-5-13(10-16)11-17-18(24)22-20(26)23(19(17)25)15-7-4-6-14(21)12-15/h3-8,10-12H,2,9H2,1H3,(H,22,24,26)/b17-11-. The molecule has 27 heavy (non-hydrogen) atoms. The van der Waals surface area contributed by atoms with Crippen molar-refractivity contribution in [3.05, 3.63) is 64.7 Å². The maximum absolute atomic E-state index is 12.8. The number of nitrogens with zero attached hydrogens (tertiary/aromatic N) is 1. The molecule has 0 aliphatic carbocycles. The lowest BCUT2D eigenvalue weighted by Gasteiger charge is -2.26. The predicted octanol–water partition coefficient (Wildman–Crippen LogP) is 3.80. The van der Waals surface area contributed by atoms with Crippen LogP contribution in [0.15, 0.2) is 54.1 Å². The van der Waals surface area contributed by atoms with Crippen molar-refractivity contribution >= 4 is 41.2 Å². The number of benzene rings is 2. The molecular formula is C20H17ClN2O4. The summed E-state index contributed by atoms with van der Waals surface area (Å²) in [6, 6.07) is 12.5. The van der Waals surface area contributed by atoms with Gasteiger partial charge >= 0.3 is 6.03 Å². The summed E-state index contributed by atoms with van der Waals surface area (Å²) in [6.07, 6.45) is 2.30. The summed E-state index contributed by atoms with van der Waals surface area (Å²) >= 11 is 5.95. The van der Waals surface area contributed by atoms with Gasteiger partial charge in [-0.1, -0.05) is 36.7 Å². The minimum absolute atomic E-state index is 0.151. The summed E-state index contributed by atoms with van der Waals surface area (Å²) in [5.74, 6) is -0.827. The first-order valence-electron chi connectivity index (χ1n) is 8.39. The van der Waals surface area contributed by atoms with E-state index in [1.807, 2.05) is 6.92 Å². The van der Waals surface area contributed by atoms with E-state index in [1.54, 1.807) is 42.5 Å². The van der Waals surface area contributed by atoms with Gasteiger partial charge in [-0.25, -0.2) is 9.69 Å². The maximum Gasteiger partial charge on any atom is 0.335 e. The molecule has 6 nitrogen and oxygen atoms in total. The smallest absolute Gasteiger partial charge is 0.335 e. The van der Waals surface area contributed by atoms with Crippen LogP contribution in [0.25, 0.3) is 6.08 Å². The molecule has 0 atom stereocenters. The van der Waals surface area contributed by atoms with Gasteiger partial charge in [0.15, 0.2) is 0 Å². The number of amides is 4. The van der Waals surface area contributed by atoms with E-state index in [4.69, 9.17) is 16.3 Å². The zero-order valence-corrected chi connectivity index (χ0v) is 15.3. The van der Waals surface area contributed by atoms with Crippen LogP contribution in [0, 0.1) is 0 Å². The molecule has 1 N–H and O–H groups in total. The fraction of sp³-hybridized carbons (Fsp3) is 0.150. The molecule has 7 heteroatoms. The van der Waals surface area contributed by atoms with Crippen molar-refractivity contribution in [1.82, 2.24) is 5.32 Å². The van der Waals surface area contributed by atoms with Gasteiger partial charge in [-0.2, -0.15) is 0 Å². The summed E-state index contributed by atoms with van der Waals surface area (Å²) in [5, 5.41) is 2.55. The second-order valence-electron chi connectivity index (χ2n) is 5.86. The number of halogens is 1. The molecule has 0 unspecified atom stereocenters. The Morgan fingerprint density at radius 2 is 1.89 bits per heavy atom. The number of hydrogen-bond donors (Lipinski definition) is 1. The van der Waals surface area contributed by atoms with E-state index in [0.717, 1.165) is 11.3 Å². The second kappa shape index (κ2) is 8.05. The number of carbonyl (C=O) groups is 3. The zero-order chi connectivity index (χ0) is 19.4. The molecule has 1 aliphatic rings. The molecule has 1 aliphatic heterocycles. The van der Waals surface area contributed by atoms with Gasteiger partial charge in [0.2, 0.25) is 0 Å². The summed E-state index contributed by atoms with van der Waals surface area (Å²) in [6.45, 7) is 2.56. The Bertz CT molecular complexity index is 939. The molecule has 1 saturated heterocycles. The highest BCUT2D eigenvalue weighted by Crippen LogP contribution is 2.25. The highest BCUT2D eigenvalue weighted by atomic mass is 35.5. The van der Waals surface area contributed by atoms with Crippen LogP contribution >= 0.6 is 11.6 Å². The van der Waals surface area contributed by atoms with Gasteiger partial charge < -0.3 is 4.74 Å². The van der Waals surface area contributed by atoms with Crippen molar-refractivity contribution in [3.8, 4) is 5.75 Å². The molecule has 3 rings (SSSR count). The van der Waals surface area contributed by atoms with Crippen molar-refractivity contribution in [2.75, 3.05) is 11.5 Å². The summed E-state index contributed by atoms with van der Waals surface area (Å²) in [5.41, 5.74) is 0.744. The van der Waals surface area contributed by atoms with Crippen molar-refractivity contribution in [2.45, 2.75) is 13.3 Å². The van der Waals surface area contributed by atoms with Crippen molar-refractivity contribution < 1.29 is 19.1 Å². The fourth-order valence-corrected chi connectivity index (χ4v) is 2.77. The van der Waals surface area contributed by atoms with Crippen LogP contribution in [0.5, 0.6) is 5.75 Å². The lowest BCUT2D eigenvalue weighted by atomic mass is 10.1. The molecular weight excluding hydrogens is 368 g/mol. The number of ether oxygens (including phenoxy) is 1. The molecule has 0 aromatic heterocycles. The molecule has 1 fully saturated rings. The molecule has 0 saturated carbocycles. The highest BCUT2D eigenvalue weighted by molar-refractivity contribution is 6.39. The van der Waals surface area contributed by atoms with Gasteiger partial charge in [0.1, 0.15) is 11.3 Å². The number of rotatable bonds is 5. The lowest BCUT2D eigenvalue weighted by Crippen LogP contribution is -2.54. The fourth-order valence-electron chi connectivity index (χ4n) is 2.59. The highest BCUT2D eigenvalue weighted by Gasteiger charge is 2.36. The molecule has 2 aromatic carbocycles. The van der Waals surface area contributed by atoms with Crippen LogP contribution in [-0.2, 0) is 9.59 Å². The Morgan fingerprint density at radius 3 is 2.63 bits per heavy atom. The van der Waals surface area contributed by atoms with Crippen LogP contribution in [-0.4, -0.2) is 24.5 Å². The minimum Gasteiger partial charge on any atom is -0.494 e. The van der Waals surface area contributed by atoms with Gasteiger partial charge in [-0.05, 0) is 48.4 Å². The topological polar surface area (TPSA) is 75.7 Å². The van der Waals surface area contributed by atoms with Gasteiger partial charge in [-0.3, -0.25) is 14.9 Å². The normalized spacial score (nSPS) is 15.9. The Kier molecular flexibility index (Phi) is 5.57. The third-order valence-electron chi connectivity index (χ3n) is 3.81. The lowest BCUT2D eigenvalue weighted by molar-refractivity contribution is -0.122. The summed E-state index contributed by atoms with van der Waals surface area (Å²) < 4.78 is 5.57. The van der Waals surface area contributed by atoms with E-state index < -0.39 is 17.8 Å². The monoisotopic (exact) mass is 384 g/mol. The van der Waals surface area contributed by atoms with Gasteiger partial charge in [0.05, 0.1) is 12.3 Å². The van der Waals surface area contributed by atoms with E-state index in [0.29, 0.717) is 22.9 Å². The number of nitrogens with one attached hydrogen (secondary N) is 1. The van der Waals surface area contributed by atoms with Crippen LogP contribution < -0.4 is 15.0 Å². The Labute approximate surface area is 161 Å². The van der Waals surface area contributed by atoms with Crippen LogP contribution in [0.2, 0.25) is 5.02 Å². The first-order chi connectivity index (χ1) is 13.0. The number of imide groups is 2. The van der Waals surface area contributed by atoms with Gasteiger partial charge in [0, 0.05) is 5.02 Å². The van der Waals surface area contributed by atoms with Crippen LogP contribution in [0.3, 0.4) is 0 Å². The predicted molar refractivity (Wildman–Crippen MR) is 103 cm³/mol. The van der Waals surface area contributed by atoms with Crippen LogP contribution in [0.4, 0.5) is 10.5 Å². The van der Waals surface area contributed by atoms with Gasteiger partial charge in [-0.15, -0.1) is 0 Å². The van der Waals surface area contributed by atoms with Crippen molar-refractivity contribution in [2.24, 2.45) is 0 Å². The molecule has 4 amide bonds. The van der Waals surface area contributed by atoms with Crippen molar-refractivity contribution in [3.63, 3.8) is 0 Å². The van der Waals surface area contributed by atoms with E-state index >= 15 is 0 Å². The summed E-state index contributed by atoms with van der Waals surface area (Å²) in [7, 11) is 0. The molecule has 1 heterocycles. The molecule has 0 radical (unpaired) electrons. The van der Waals surface area contributed by atoms with E-state index in [2.05, 4.69) is 5.32 Å². The Morgan fingerprint density at radius 1 is 1.11 bits per heavy atom. The Hall–Kier alpha value is -3.12. The largest absolute Gasteiger partial charge is 0.494 e. The van der Waals surface area contributed by atoms with E-state index in [-0.39, 0.29) is 11.3 Å². The average molecular weight is 385 g/mol. The number of barbiturate groups is 1. The SMILES string of the molecule is CCCOc1cccc(/C=C2/C(=O)NC(=O)N(c3cccc(Cl)c3)C2=O)c1. The van der Waals surface area contributed by atoms with Crippen molar-refractivity contribution in [1.29, 1.82) is 0 Å². The molecule has 2 aromatic rings. The van der Waals surface area contributed by atoms with Crippen LogP contribution in [0.1, 0.15) is 18.9 Å².